The van der Waals surface area contributed by atoms with E-state index in [2.05, 4.69) is 17.1 Å². The van der Waals surface area contributed by atoms with Crippen LogP contribution in [0.15, 0.2) is 12.2 Å². The summed E-state index contributed by atoms with van der Waals surface area (Å²) in [6.07, 6.45) is 10.7. The molecule has 0 radical (unpaired) electrons. The fraction of sp³-hybridized carbons (Fsp3) is 0.833. The van der Waals surface area contributed by atoms with Crippen LogP contribution in [0.3, 0.4) is 0 Å². The standard InChI is InChI=1S/C24H39NO7/c1-18(26)31-20-17-21(32-23-11-6-7-15-30-23)24(25-12-8-14-29-16-13-25)19(20)9-4-2-3-5-10-22(27)28/h2,4,19-21,23-24H,3,5-17H2,1H3,(H,27,28). The molecule has 3 fully saturated rings. The Labute approximate surface area is 191 Å². The molecule has 2 heterocycles. The Morgan fingerprint density at radius 3 is 2.72 bits per heavy atom. The van der Waals surface area contributed by atoms with Gasteiger partial charge < -0.3 is 24.1 Å². The molecule has 0 amide bonds. The minimum Gasteiger partial charge on any atom is -0.481 e. The van der Waals surface area contributed by atoms with Gasteiger partial charge in [0.1, 0.15) is 6.10 Å². The molecule has 8 nitrogen and oxygen atoms in total. The van der Waals surface area contributed by atoms with Gasteiger partial charge in [-0.05, 0) is 44.9 Å². The van der Waals surface area contributed by atoms with Gasteiger partial charge in [-0.2, -0.15) is 0 Å². The number of esters is 1. The third-order valence-corrected chi connectivity index (χ3v) is 6.56. The lowest BCUT2D eigenvalue weighted by Crippen LogP contribution is -2.48. The number of unbranched alkanes of at least 4 members (excludes halogenated alkanes) is 1. The molecule has 1 saturated carbocycles. The van der Waals surface area contributed by atoms with Gasteiger partial charge in [-0.1, -0.05) is 12.2 Å². The Kier molecular flexibility index (Phi) is 10.4. The molecule has 5 unspecified atom stereocenters. The number of ether oxygens (including phenoxy) is 4. The zero-order valence-corrected chi connectivity index (χ0v) is 19.3. The Balaban J connectivity index is 1.72. The first-order valence-electron chi connectivity index (χ1n) is 12.2. The molecule has 1 N–H and O–H groups in total. The quantitative estimate of drug-likeness (QED) is 0.306. The van der Waals surface area contributed by atoms with Gasteiger partial charge in [0.25, 0.3) is 0 Å². The van der Waals surface area contributed by atoms with Crippen LogP contribution in [-0.2, 0) is 28.5 Å². The highest BCUT2D eigenvalue weighted by Gasteiger charge is 2.48. The van der Waals surface area contributed by atoms with Crippen molar-refractivity contribution in [3.05, 3.63) is 12.2 Å². The van der Waals surface area contributed by atoms with E-state index < -0.39 is 5.97 Å². The van der Waals surface area contributed by atoms with Gasteiger partial charge in [-0.15, -0.1) is 0 Å². The molecule has 3 aliphatic rings. The topological polar surface area (TPSA) is 94.5 Å². The molecule has 32 heavy (non-hydrogen) atoms. The Bertz CT molecular complexity index is 611. The first-order chi connectivity index (χ1) is 15.5. The summed E-state index contributed by atoms with van der Waals surface area (Å²) >= 11 is 0. The van der Waals surface area contributed by atoms with Crippen molar-refractivity contribution in [3.63, 3.8) is 0 Å². The molecular weight excluding hydrogens is 414 g/mol. The van der Waals surface area contributed by atoms with Crippen LogP contribution in [0, 0.1) is 5.92 Å². The summed E-state index contributed by atoms with van der Waals surface area (Å²) in [5, 5.41) is 8.81. The van der Waals surface area contributed by atoms with E-state index in [4.69, 9.17) is 24.1 Å². The summed E-state index contributed by atoms with van der Waals surface area (Å²) in [7, 11) is 0. The van der Waals surface area contributed by atoms with Gasteiger partial charge in [-0.25, -0.2) is 0 Å². The maximum absolute atomic E-state index is 11.9. The second kappa shape index (κ2) is 13.3. The van der Waals surface area contributed by atoms with Crippen molar-refractivity contribution in [1.29, 1.82) is 0 Å². The predicted molar refractivity (Wildman–Crippen MR) is 118 cm³/mol. The number of hydrogen-bond donors (Lipinski definition) is 1. The fourth-order valence-electron chi connectivity index (χ4n) is 5.14. The lowest BCUT2D eigenvalue weighted by Gasteiger charge is -2.37. The average molecular weight is 454 g/mol. The van der Waals surface area contributed by atoms with Crippen molar-refractivity contribution in [3.8, 4) is 0 Å². The van der Waals surface area contributed by atoms with Crippen molar-refractivity contribution in [1.82, 2.24) is 4.90 Å². The lowest BCUT2D eigenvalue weighted by atomic mass is 9.94. The van der Waals surface area contributed by atoms with E-state index in [-0.39, 0.29) is 42.8 Å². The summed E-state index contributed by atoms with van der Waals surface area (Å²) < 4.78 is 23.8. The highest BCUT2D eigenvalue weighted by atomic mass is 16.7. The molecular formula is C24H39NO7. The number of rotatable bonds is 10. The summed E-state index contributed by atoms with van der Waals surface area (Å²) in [5.74, 6) is -0.920. The first kappa shape index (κ1) is 25.1. The van der Waals surface area contributed by atoms with Crippen LogP contribution in [0.5, 0.6) is 0 Å². The largest absolute Gasteiger partial charge is 0.481 e. The second-order valence-electron chi connectivity index (χ2n) is 9.00. The molecule has 1 aliphatic carbocycles. The van der Waals surface area contributed by atoms with Crippen LogP contribution in [0.1, 0.15) is 64.7 Å². The van der Waals surface area contributed by atoms with Crippen molar-refractivity contribution >= 4 is 11.9 Å². The smallest absolute Gasteiger partial charge is 0.303 e. The van der Waals surface area contributed by atoms with Crippen LogP contribution in [0.4, 0.5) is 0 Å². The van der Waals surface area contributed by atoms with E-state index in [1.807, 2.05) is 0 Å². The minimum atomic E-state index is -0.766. The number of carboxylic acids is 1. The van der Waals surface area contributed by atoms with E-state index in [1.165, 1.54) is 6.92 Å². The summed E-state index contributed by atoms with van der Waals surface area (Å²) in [5.41, 5.74) is 0. The van der Waals surface area contributed by atoms with Crippen LogP contribution in [-0.4, -0.2) is 79.4 Å². The third-order valence-electron chi connectivity index (χ3n) is 6.56. The summed E-state index contributed by atoms with van der Waals surface area (Å²) in [4.78, 5) is 25.0. The number of nitrogens with zero attached hydrogens (tertiary/aromatic N) is 1. The predicted octanol–water partition coefficient (Wildman–Crippen LogP) is 3.14. The molecule has 8 heteroatoms. The Morgan fingerprint density at radius 2 is 1.97 bits per heavy atom. The number of carboxylic acid groups (broad SMARTS) is 1. The molecule has 0 bridgehead atoms. The molecule has 3 rings (SSSR count). The zero-order valence-electron chi connectivity index (χ0n) is 19.3. The molecule has 0 aromatic rings. The van der Waals surface area contributed by atoms with Crippen molar-refractivity contribution in [2.75, 3.05) is 32.9 Å². The van der Waals surface area contributed by atoms with Gasteiger partial charge in [0.05, 0.1) is 12.7 Å². The maximum atomic E-state index is 11.9. The van der Waals surface area contributed by atoms with Gasteiger partial charge in [0.15, 0.2) is 6.29 Å². The summed E-state index contributed by atoms with van der Waals surface area (Å²) in [6, 6.07) is 0.121. The van der Waals surface area contributed by atoms with Gasteiger partial charge >= 0.3 is 11.9 Å². The fourth-order valence-corrected chi connectivity index (χ4v) is 5.14. The van der Waals surface area contributed by atoms with Gasteiger partial charge in [0.2, 0.25) is 0 Å². The molecule has 2 aliphatic heterocycles. The van der Waals surface area contributed by atoms with Crippen LogP contribution in [0.25, 0.3) is 0 Å². The molecule has 182 valence electrons. The minimum absolute atomic E-state index is 0.0639. The Hall–Kier alpha value is -1.48. The lowest BCUT2D eigenvalue weighted by molar-refractivity contribution is -0.198. The normalized spacial score (nSPS) is 32.1. The van der Waals surface area contributed by atoms with Gasteiger partial charge in [-0.3, -0.25) is 14.5 Å². The molecule has 5 atom stereocenters. The third kappa shape index (κ3) is 7.83. The van der Waals surface area contributed by atoms with E-state index in [0.717, 1.165) is 64.8 Å². The highest BCUT2D eigenvalue weighted by molar-refractivity contribution is 5.66. The zero-order chi connectivity index (χ0) is 22.8. The van der Waals surface area contributed by atoms with Crippen molar-refractivity contribution < 1.29 is 33.6 Å². The monoisotopic (exact) mass is 453 g/mol. The second-order valence-corrected chi connectivity index (χ2v) is 9.00. The van der Waals surface area contributed by atoms with E-state index in [0.29, 0.717) is 19.4 Å². The number of allylic oxidation sites excluding steroid dienone is 2. The van der Waals surface area contributed by atoms with Crippen LogP contribution < -0.4 is 0 Å². The van der Waals surface area contributed by atoms with Crippen molar-refractivity contribution in [2.45, 2.75) is 89.3 Å². The SMILES string of the molecule is CC(=O)OC1CC(OC2CCCCO2)C(N2CCCOCC2)C1CC=CCCCC(=O)O. The maximum Gasteiger partial charge on any atom is 0.303 e. The molecule has 0 aromatic carbocycles. The molecule has 0 spiro atoms. The van der Waals surface area contributed by atoms with E-state index in [1.54, 1.807) is 0 Å². The molecule has 0 aromatic heterocycles. The first-order valence-corrected chi connectivity index (χ1v) is 12.2. The Morgan fingerprint density at radius 1 is 1.09 bits per heavy atom. The number of hydrogen-bond acceptors (Lipinski definition) is 7. The number of carbonyl (C=O) groups is 2. The van der Waals surface area contributed by atoms with E-state index >= 15 is 0 Å². The number of carbonyl (C=O) groups excluding carboxylic acids is 1. The van der Waals surface area contributed by atoms with Crippen LogP contribution >= 0.6 is 0 Å². The average Bonchev–Trinajstić information content (AvgIpc) is 2.92. The number of aliphatic carboxylic acids is 1. The van der Waals surface area contributed by atoms with Gasteiger partial charge in [0, 0.05) is 58.0 Å². The van der Waals surface area contributed by atoms with Crippen molar-refractivity contribution in [2.24, 2.45) is 5.92 Å². The van der Waals surface area contributed by atoms with Crippen LogP contribution in [0.2, 0.25) is 0 Å². The summed E-state index contributed by atoms with van der Waals surface area (Å²) in [6.45, 7) is 5.42. The highest BCUT2D eigenvalue weighted by Crippen LogP contribution is 2.39. The van der Waals surface area contributed by atoms with E-state index in [9.17, 15) is 9.59 Å². The molecule has 2 saturated heterocycles.